The quantitative estimate of drug-likeness (QED) is 0.812. The molecule has 0 unspecified atom stereocenters. The number of likely N-dealkylation sites (N-methyl/N-ethyl adjacent to an activating group) is 1. The van der Waals surface area contributed by atoms with Crippen LogP contribution in [0.5, 0.6) is 0 Å². The van der Waals surface area contributed by atoms with Crippen molar-refractivity contribution in [3.05, 3.63) is 28.2 Å². The largest absolute Gasteiger partial charge is 0.478 e. The number of halogens is 1. The zero-order valence-corrected chi connectivity index (χ0v) is 12.3. The average Bonchev–Trinajstić information content (AvgIpc) is 2.34. The molecule has 0 radical (unpaired) electrons. The molecule has 0 aliphatic carbocycles. The van der Waals surface area contributed by atoms with Gasteiger partial charge in [0.25, 0.3) is 0 Å². The highest BCUT2D eigenvalue weighted by Crippen LogP contribution is 2.21. The van der Waals surface area contributed by atoms with E-state index in [1.807, 2.05) is 0 Å². The monoisotopic (exact) mass is 314 g/mol. The fourth-order valence-electron chi connectivity index (χ4n) is 1.70. The van der Waals surface area contributed by atoms with Gasteiger partial charge in [-0.1, -0.05) is 13.8 Å². The molecule has 1 aromatic rings. The Morgan fingerprint density at radius 1 is 1.39 bits per heavy atom. The number of nitrogens with one attached hydrogen (secondary N) is 1. The molecule has 5 heteroatoms. The van der Waals surface area contributed by atoms with Crippen LogP contribution in [-0.4, -0.2) is 42.2 Å². The van der Waals surface area contributed by atoms with Crippen molar-refractivity contribution in [2.24, 2.45) is 0 Å². The molecule has 0 spiro atoms. The van der Waals surface area contributed by atoms with Gasteiger partial charge in [0.05, 0.1) is 5.56 Å². The Kier molecular flexibility index (Phi) is 6.15. The fourth-order valence-corrected chi connectivity index (χ4v) is 2.25. The number of carboxylic acid groups (broad SMARTS) is 1. The van der Waals surface area contributed by atoms with Crippen molar-refractivity contribution in [2.75, 3.05) is 31.5 Å². The number of carbonyl (C=O) groups is 1. The second-order valence-electron chi connectivity index (χ2n) is 3.95. The molecule has 0 atom stereocenters. The van der Waals surface area contributed by atoms with Gasteiger partial charge >= 0.3 is 5.97 Å². The summed E-state index contributed by atoms with van der Waals surface area (Å²) in [5, 5.41) is 12.2. The van der Waals surface area contributed by atoms with Gasteiger partial charge in [0.2, 0.25) is 0 Å². The van der Waals surface area contributed by atoms with Gasteiger partial charge in [-0.2, -0.15) is 0 Å². The molecule has 0 saturated heterocycles. The van der Waals surface area contributed by atoms with Gasteiger partial charge in [-0.15, -0.1) is 0 Å². The Bertz CT molecular complexity index is 406. The lowest BCUT2D eigenvalue weighted by molar-refractivity contribution is 0.0696. The molecule has 0 aliphatic heterocycles. The highest BCUT2D eigenvalue weighted by molar-refractivity contribution is 9.10. The van der Waals surface area contributed by atoms with Crippen molar-refractivity contribution in [2.45, 2.75) is 13.8 Å². The van der Waals surface area contributed by atoms with Crippen molar-refractivity contribution in [3.8, 4) is 0 Å². The molecule has 4 nitrogen and oxygen atoms in total. The van der Waals surface area contributed by atoms with Crippen molar-refractivity contribution >= 4 is 27.6 Å². The van der Waals surface area contributed by atoms with E-state index >= 15 is 0 Å². The summed E-state index contributed by atoms with van der Waals surface area (Å²) in [4.78, 5) is 13.2. The number of aromatic carboxylic acids is 1. The molecular formula is C13H19BrN2O2. The predicted molar refractivity (Wildman–Crippen MR) is 77.4 cm³/mol. The molecule has 1 aromatic carbocycles. The lowest BCUT2D eigenvalue weighted by Crippen LogP contribution is -2.28. The Hall–Kier alpha value is -1.07. The Morgan fingerprint density at radius 2 is 2.06 bits per heavy atom. The minimum atomic E-state index is -0.920. The van der Waals surface area contributed by atoms with Gasteiger partial charge in [0, 0.05) is 23.2 Å². The van der Waals surface area contributed by atoms with Crippen molar-refractivity contribution in [1.29, 1.82) is 0 Å². The van der Waals surface area contributed by atoms with Crippen LogP contribution in [0.3, 0.4) is 0 Å². The van der Waals surface area contributed by atoms with Crippen LogP contribution < -0.4 is 5.32 Å². The lowest BCUT2D eigenvalue weighted by Gasteiger charge is -2.18. The number of anilines is 1. The topological polar surface area (TPSA) is 52.6 Å². The maximum absolute atomic E-state index is 10.9. The summed E-state index contributed by atoms with van der Waals surface area (Å²) in [6, 6.07) is 5.19. The SMILES string of the molecule is CCN(CC)CCNc1ccc(C(=O)O)c(Br)c1. The highest BCUT2D eigenvalue weighted by Gasteiger charge is 2.08. The number of hydrogen-bond acceptors (Lipinski definition) is 3. The molecule has 0 aliphatic rings. The lowest BCUT2D eigenvalue weighted by atomic mass is 10.2. The summed E-state index contributed by atoms with van der Waals surface area (Å²) < 4.78 is 0.600. The first kappa shape index (κ1) is 15.0. The molecule has 1 rings (SSSR count). The van der Waals surface area contributed by atoms with E-state index < -0.39 is 5.97 Å². The van der Waals surface area contributed by atoms with Gasteiger partial charge in [0.15, 0.2) is 0 Å². The first-order valence-electron chi connectivity index (χ1n) is 6.07. The molecule has 100 valence electrons. The normalized spacial score (nSPS) is 10.7. The molecule has 0 fully saturated rings. The summed E-state index contributed by atoms with van der Waals surface area (Å²) in [6.45, 7) is 8.19. The second kappa shape index (κ2) is 7.38. The zero-order valence-electron chi connectivity index (χ0n) is 10.7. The van der Waals surface area contributed by atoms with Crippen LogP contribution >= 0.6 is 15.9 Å². The first-order chi connectivity index (χ1) is 8.58. The van der Waals surface area contributed by atoms with Gasteiger partial charge in [0.1, 0.15) is 0 Å². The first-order valence-corrected chi connectivity index (χ1v) is 6.86. The summed E-state index contributed by atoms with van der Waals surface area (Å²) in [5.41, 5.74) is 1.21. The van der Waals surface area contributed by atoms with Crippen LogP contribution in [0, 0.1) is 0 Å². The van der Waals surface area contributed by atoms with Gasteiger partial charge < -0.3 is 15.3 Å². The summed E-state index contributed by atoms with van der Waals surface area (Å²) >= 11 is 3.26. The van der Waals surface area contributed by atoms with Crippen LogP contribution in [0.4, 0.5) is 5.69 Å². The molecule has 18 heavy (non-hydrogen) atoms. The number of hydrogen-bond donors (Lipinski definition) is 2. The van der Waals surface area contributed by atoms with Crippen LogP contribution in [0.25, 0.3) is 0 Å². The third-order valence-electron chi connectivity index (χ3n) is 2.85. The highest BCUT2D eigenvalue weighted by atomic mass is 79.9. The van der Waals surface area contributed by atoms with E-state index in [4.69, 9.17) is 5.11 Å². The van der Waals surface area contributed by atoms with Crippen LogP contribution in [0.15, 0.2) is 22.7 Å². The number of rotatable bonds is 7. The fraction of sp³-hybridized carbons (Fsp3) is 0.462. The third kappa shape index (κ3) is 4.31. The Balaban J connectivity index is 2.53. The predicted octanol–water partition coefficient (Wildman–Crippen LogP) is 2.90. The van der Waals surface area contributed by atoms with E-state index in [1.54, 1.807) is 18.2 Å². The number of carboxylic acids is 1. The smallest absolute Gasteiger partial charge is 0.336 e. The second-order valence-corrected chi connectivity index (χ2v) is 4.81. The standard InChI is InChI=1S/C13H19BrN2O2/c1-3-16(4-2)8-7-15-10-5-6-11(13(17)18)12(14)9-10/h5-6,9,15H,3-4,7-8H2,1-2H3,(H,17,18). The van der Waals surface area contributed by atoms with Crippen LogP contribution in [-0.2, 0) is 0 Å². The van der Waals surface area contributed by atoms with Gasteiger partial charge in [-0.05, 0) is 47.2 Å². The summed E-state index contributed by atoms with van der Waals surface area (Å²) in [5.74, 6) is -0.920. The van der Waals surface area contributed by atoms with E-state index in [1.165, 1.54) is 0 Å². The number of nitrogens with zero attached hydrogens (tertiary/aromatic N) is 1. The minimum Gasteiger partial charge on any atom is -0.478 e. The molecular weight excluding hydrogens is 296 g/mol. The van der Waals surface area contributed by atoms with Crippen molar-refractivity contribution in [1.82, 2.24) is 4.90 Å². The number of benzene rings is 1. The molecule has 0 aromatic heterocycles. The van der Waals surface area contributed by atoms with E-state index in [-0.39, 0.29) is 5.56 Å². The Labute approximate surface area is 116 Å². The Morgan fingerprint density at radius 3 is 2.56 bits per heavy atom. The van der Waals surface area contributed by atoms with Crippen LogP contribution in [0.2, 0.25) is 0 Å². The maximum Gasteiger partial charge on any atom is 0.336 e. The van der Waals surface area contributed by atoms with Crippen molar-refractivity contribution < 1.29 is 9.90 Å². The molecule has 0 bridgehead atoms. The minimum absolute atomic E-state index is 0.282. The van der Waals surface area contributed by atoms with E-state index in [9.17, 15) is 4.79 Å². The molecule has 2 N–H and O–H groups in total. The van der Waals surface area contributed by atoms with Crippen LogP contribution in [0.1, 0.15) is 24.2 Å². The zero-order chi connectivity index (χ0) is 13.5. The van der Waals surface area contributed by atoms with Gasteiger partial charge in [-0.3, -0.25) is 0 Å². The van der Waals surface area contributed by atoms with E-state index in [0.29, 0.717) is 4.47 Å². The summed E-state index contributed by atoms with van der Waals surface area (Å²) in [7, 11) is 0. The summed E-state index contributed by atoms with van der Waals surface area (Å²) in [6.07, 6.45) is 0. The average molecular weight is 315 g/mol. The van der Waals surface area contributed by atoms with Crippen molar-refractivity contribution in [3.63, 3.8) is 0 Å². The third-order valence-corrected chi connectivity index (χ3v) is 3.51. The van der Waals surface area contributed by atoms with Gasteiger partial charge in [-0.25, -0.2) is 4.79 Å². The van der Waals surface area contributed by atoms with E-state index in [2.05, 4.69) is 40.0 Å². The van der Waals surface area contributed by atoms with E-state index in [0.717, 1.165) is 31.9 Å². The molecule has 0 saturated carbocycles. The molecule has 0 heterocycles. The molecule has 0 amide bonds. The maximum atomic E-state index is 10.9.